The Balaban J connectivity index is 2.05. The van der Waals surface area contributed by atoms with E-state index in [9.17, 15) is 9.18 Å². The van der Waals surface area contributed by atoms with E-state index in [2.05, 4.69) is 24.3 Å². The van der Waals surface area contributed by atoms with Crippen molar-refractivity contribution in [2.75, 3.05) is 20.6 Å². The standard InChI is InChI=1S/C17H25FN2O/c1-13-7-8-14(15(18)11-13)16(21)19-12-17(20(2)3)9-5-4-6-10-17/h7-8,11H,4-6,9-10,12H2,1-3H3,(H,19,21). The molecular formula is C17H25FN2O. The number of hydrogen-bond acceptors (Lipinski definition) is 2. The molecule has 1 aliphatic carbocycles. The molecule has 0 heterocycles. The summed E-state index contributed by atoms with van der Waals surface area (Å²) in [7, 11) is 4.12. The number of nitrogens with one attached hydrogen (secondary N) is 1. The number of carbonyl (C=O) groups excluding carboxylic acids is 1. The minimum atomic E-state index is -0.449. The first-order valence-electron chi connectivity index (χ1n) is 7.66. The molecule has 1 amide bonds. The topological polar surface area (TPSA) is 32.3 Å². The van der Waals surface area contributed by atoms with Crippen molar-refractivity contribution < 1.29 is 9.18 Å². The van der Waals surface area contributed by atoms with Crippen molar-refractivity contribution in [2.24, 2.45) is 0 Å². The number of benzene rings is 1. The molecule has 1 fully saturated rings. The fourth-order valence-corrected chi connectivity index (χ4v) is 3.14. The van der Waals surface area contributed by atoms with Gasteiger partial charge in [-0.3, -0.25) is 4.79 Å². The van der Waals surface area contributed by atoms with E-state index in [-0.39, 0.29) is 17.0 Å². The monoisotopic (exact) mass is 292 g/mol. The summed E-state index contributed by atoms with van der Waals surface area (Å²) < 4.78 is 13.8. The number of aryl methyl sites for hydroxylation is 1. The molecule has 0 aromatic heterocycles. The van der Waals surface area contributed by atoms with Gasteiger partial charge in [-0.15, -0.1) is 0 Å². The maximum Gasteiger partial charge on any atom is 0.254 e. The van der Waals surface area contributed by atoms with E-state index in [1.54, 1.807) is 12.1 Å². The summed E-state index contributed by atoms with van der Waals surface area (Å²) in [6.07, 6.45) is 5.79. The summed E-state index contributed by atoms with van der Waals surface area (Å²) in [5.74, 6) is -0.769. The number of hydrogen-bond donors (Lipinski definition) is 1. The first kappa shape index (κ1) is 16.0. The lowest BCUT2D eigenvalue weighted by Gasteiger charge is -2.43. The van der Waals surface area contributed by atoms with Gasteiger partial charge < -0.3 is 10.2 Å². The second-order valence-electron chi connectivity index (χ2n) is 6.35. The number of likely N-dealkylation sites (N-methyl/N-ethyl adjacent to an activating group) is 1. The lowest BCUT2D eigenvalue weighted by molar-refractivity contribution is 0.0797. The minimum Gasteiger partial charge on any atom is -0.350 e. The molecule has 0 unspecified atom stereocenters. The number of carbonyl (C=O) groups is 1. The zero-order chi connectivity index (χ0) is 15.5. The van der Waals surface area contributed by atoms with Crippen LogP contribution in [-0.4, -0.2) is 37.0 Å². The Morgan fingerprint density at radius 3 is 2.52 bits per heavy atom. The second kappa shape index (κ2) is 6.56. The molecule has 116 valence electrons. The lowest BCUT2D eigenvalue weighted by Crippen LogP contribution is -2.53. The van der Waals surface area contributed by atoms with Gasteiger partial charge in [-0.25, -0.2) is 4.39 Å². The molecule has 0 bridgehead atoms. The molecular weight excluding hydrogens is 267 g/mol. The molecule has 0 spiro atoms. The Labute approximate surface area is 126 Å². The molecule has 0 radical (unpaired) electrons. The van der Waals surface area contributed by atoms with E-state index >= 15 is 0 Å². The van der Waals surface area contributed by atoms with E-state index in [1.165, 1.54) is 25.3 Å². The third kappa shape index (κ3) is 3.62. The van der Waals surface area contributed by atoms with Crippen LogP contribution in [0.15, 0.2) is 18.2 Å². The van der Waals surface area contributed by atoms with Crippen LogP contribution in [0.3, 0.4) is 0 Å². The van der Waals surface area contributed by atoms with Crippen LogP contribution in [0.1, 0.15) is 48.0 Å². The van der Waals surface area contributed by atoms with Crippen molar-refractivity contribution in [3.8, 4) is 0 Å². The number of halogens is 1. The summed E-state index contributed by atoms with van der Waals surface area (Å²) >= 11 is 0. The van der Waals surface area contributed by atoms with Crippen LogP contribution < -0.4 is 5.32 Å². The quantitative estimate of drug-likeness (QED) is 0.924. The first-order chi connectivity index (χ1) is 9.94. The van der Waals surface area contributed by atoms with Crippen LogP contribution >= 0.6 is 0 Å². The van der Waals surface area contributed by atoms with E-state index in [1.807, 2.05) is 6.92 Å². The highest BCUT2D eigenvalue weighted by molar-refractivity contribution is 5.94. The molecule has 0 atom stereocenters. The van der Waals surface area contributed by atoms with Crippen LogP contribution in [0.25, 0.3) is 0 Å². The van der Waals surface area contributed by atoms with Crippen molar-refractivity contribution >= 4 is 5.91 Å². The Morgan fingerprint density at radius 2 is 1.95 bits per heavy atom. The van der Waals surface area contributed by atoms with Gasteiger partial charge in [-0.1, -0.05) is 25.3 Å². The number of rotatable bonds is 4. The summed E-state index contributed by atoms with van der Waals surface area (Å²) in [5, 5.41) is 2.93. The van der Waals surface area contributed by atoms with Gasteiger partial charge in [-0.2, -0.15) is 0 Å². The summed E-state index contributed by atoms with van der Waals surface area (Å²) in [6, 6.07) is 4.72. The highest BCUT2D eigenvalue weighted by Gasteiger charge is 2.34. The smallest absolute Gasteiger partial charge is 0.254 e. The Bertz CT molecular complexity index is 508. The van der Waals surface area contributed by atoms with E-state index in [0.29, 0.717) is 6.54 Å². The van der Waals surface area contributed by atoms with Gasteiger partial charge in [0.05, 0.1) is 5.56 Å². The Morgan fingerprint density at radius 1 is 1.29 bits per heavy atom. The zero-order valence-corrected chi connectivity index (χ0v) is 13.2. The van der Waals surface area contributed by atoms with E-state index in [0.717, 1.165) is 18.4 Å². The largest absolute Gasteiger partial charge is 0.350 e. The molecule has 21 heavy (non-hydrogen) atoms. The average molecular weight is 292 g/mol. The third-order valence-corrected chi connectivity index (χ3v) is 4.68. The van der Waals surface area contributed by atoms with Crippen LogP contribution in [0.2, 0.25) is 0 Å². The normalized spacial score (nSPS) is 17.8. The fraction of sp³-hybridized carbons (Fsp3) is 0.588. The van der Waals surface area contributed by atoms with Crippen molar-refractivity contribution in [2.45, 2.75) is 44.6 Å². The van der Waals surface area contributed by atoms with Crippen molar-refractivity contribution in [1.29, 1.82) is 0 Å². The van der Waals surface area contributed by atoms with Gasteiger partial charge in [0.1, 0.15) is 5.82 Å². The second-order valence-corrected chi connectivity index (χ2v) is 6.35. The van der Waals surface area contributed by atoms with Crippen molar-refractivity contribution in [1.82, 2.24) is 10.2 Å². The third-order valence-electron chi connectivity index (χ3n) is 4.68. The van der Waals surface area contributed by atoms with Gasteiger partial charge >= 0.3 is 0 Å². The van der Waals surface area contributed by atoms with Crippen LogP contribution in [0.4, 0.5) is 4.39 Å². The lowest BCUT2D eigenvalue weighted by atomic mass is 9.80. The Kier molecular flexibility index (Phi) is 4.99. The first-order valence-corrected chi connectivity index (χ1v) is 7.66. The molecule has 4 heteroatoms. The minimum absolute atomic E-state index is 0.00901. The van der Waals surface area contributed by atoms with Gasteiger partial charge in [0.15, 0.2) is 0 Å². The van der Waals surface area contributed by atoms with E-state index < -0.39 is 5.82 Å². The highest BCUT2D eigenvalue weighted by atomic mass is 19.1. The summed E-state index contributed by atoms with van der Waals surface area (Å²) in [5.41, 5.74) is 0.959. The average Bonchev–Trinajstić information content (AvgIpc) is 2.45. The van der Waals surface area contributed by atoms with Crippen LogP contribution in [-0.2, 0) is 0 Å². The molecule has 3 nitrogen and oxygen atoms in total. The van der Waals surface area contributed by atoms with Gasteiger partial charge in [0.2, 0.25) is 0 Å². The molecule has 2 rings (SSSR count). The molecule has 1 N–H and O–H groups in total. The maximum absolute atomic E-state index is 13.8. The SMILES string of the molecule is Cc1ccc(C(=O)NCC2(N(C)C)CCCCC2)c(F)c1. The molecule has 0 aliphatic heterocycles. The van der Waals surface area contributed by atoms with E-state index in [4.69, 9.17) is 0 Å². The summed E-state index contributed by atoms with van der Waals surface area (Å²) in [6.45, 7) is 2.39. The van der Waals surface area contributed by atoms with Crippen LogP contribution in [0, 0.1) is 12.7 Å². The molecule has 1 aromatic rings. The molecule has 1 aliphatic rings. The predicted octanol–water partition coefficient (Wildman–Crippen LogP) is 3.13. The van der Waals surface area contributed by atoms with Gasteiger partial charge in [0.25, 0.3) is 5.91 Å². The molecule has 1 aromatic carbocycles. The molecule has 1 saturated carbocycles. The molecule has 0 saturated heterocycles. The van der Waals surface area contributed by atoms with Crippen LogP contribution in [0.5, 0.6) is 0 Å². The zero-order valence-electron chi connectivity index (χ0n) is 13.2. The number of nitrogens with zero attached hydrogens (tertiary/aromatic N) is 1. The fourth-order valence-electron chi connectivity index (χ4n) is 3.14. The highest BCUT2D eigenvalue weighted by Crippen LogP contribution is 2.31. The Hall–Kier alpha value is -1.42. The van der Waals surface area contributed by atoms with Crippen molar-refractivity contribution in [3.63, 3.8) is 0 Å². The van der Waals surface area contributed by atoms with Gasteiger partial charge in [0, 0.05) is 12.1 Å². The van der Waals surface area contributed by atoms with Crippen molar-refractivity contribution in [3.05, 3.63) is 35.1 Å². The maximum atomic E-state index is 13.8. The van der Waals surface area contributed by atoms with Gasteiger partial charge in [-0.05, 0) is 51.6 Å². The summed E-state index contributed by atoms with van der Waals surface area (Å²) in [4.78, 5) is 14.4. The predicted molar refractivity (Wildman–Crippen MR) is 83.0 cm³/mol. The number of amides is 1.